The van der Waals surface area contributed by atoms with Gasteiger partial charge >= 0.3 is 0 Å². The van der Waals surface area contributed by atoms with E-state index in [1.807, 2.05) is 13.0 Å². The summed E-state index contributed by atoms with van der Waals surface area (Å²) in [5, 5.41) is 0. The Labute approximate surface area is 169 Å². The number of thioether (sulfide) groups is 1. The number of carbonyl (C=O) groups excluding carboxylic acids is 1. The zero-order chi connectivity index (χ0) is 18.5. The Hall–Kier alpha value is -1.12. The summed E-state index contributed by atoms with van der Waals surface area (Å²) >= 11 is 10.6. The Kier molecular flexibility index (Phi) is 6.94. The van der Waals surface area contributed by atoms with Crippen molar-refractivity contribution >= 4 is 62.2 Å². The average molecular weight is 427 g/mol. The van der Waals surface area contributed by atoms with Crippen molar-refractivity contribution in [3.8, 4) is 0 Å². The number of carbonyl (C=O) groups is 1. The zero-order valence-electron chi connectivity index (χ0n) is 14.5. The summed E-state index contributed by atoms with van der Waals surface area (Å²) in [6, 6.07) is 10.0. The zero-order valence-corrected chi connectivity index (χ0v) is 17.7. The van der Waals surface area contributed by atoms with E-state index < -0.39 is 0 Å². The average Bonchev–Trinajstić information content (AvgIpc) is 3.17. The number of halogens is 1. The molecule has 4 nitrogen and oxygen atoms in total. The number of thiazole rings is 1. The number of amides is 1. The Morgan fingerprint density at radius 3 is 2.85 bits per heavy atom. The molecule has 0 atom stereocenters. The third-order valence-corrected chi connectivity index (χ3v) is 6.73. The van der Waals surface area contributed by atoms with Crippen LogP contribution in [0.15, 0.2) is 40.2 Å². The molecule has 1 amide bonds. The minimum absolute atomic E-state index is 0.162. The van der Waals surface area contributed by atoms with E-state index in [-0.39, 0.29) is 12.3 Å². The van der Waals surface area contributed by atoms with Gasteiger partial charge in [-0.3, -0.25) is 4.79 Å². The van der Waals surface area contributed by atoms with Gasteiger partial charge in [-0.15, -0.1) is 23.1 Å². The summed E-state index contributed by atoms with van der Waals surface area (Å²) in [6.45, 7) is 3.91. The molecular formula is C18H19ClN2O2S3. The third kappa shape index (κ3) is 4.78. The Balaban J connectivity index is 1.95. The molecule has 0 radical (unpaired) electrons. The molecule has 0 N–H and O–H groups in total. The fourth-order valence-electron chi connectivity index (χ4n) is 2.52. The number of aromatic nitrogens is 1. The van der Waals surface area contributed by atoms with Gasteiger partial charge in [0.2, 0.25) is 0 Å². The molecule has 8 heteroatoms. The van der Waals surface area contributed by atoms with E-state index in [0.29, 0.717) is 28.9 Å². The summed E-state index contributed by atoms with van der Waals surface area (Å²) < 4.78 is 9.38. The summed E-state index contributed by atoms with van der Waals surface area (Å²) in [5.41, 5.74) is 1.08. The Bertz CT molecular complexity index is 974. The normalized spacial score (nSPS) is 12.2. The standard InChI is InChI=1S/C18H19ClN2O2S3/c1-3-23-9-8-21-14-6-4-12(24-2)10-15(14)26-18(21)20-17(22)11-13-5-7-16(19)25-13/h4-7,10H,3,8-9,11H2,1-2H3. The quantitative estimate of drug-likeness (QED) is 0.400. The van der Waals surface area contributed by atoms with Gasteiger partial charge in [0.25, 0.3) is 5.91 Å². The van der Waals surface area contributed by atoms with E-state index >= 15 is 0 Å². The second-order valence-electron chi connectivity index (χ2n) is 5.45. The molecule has 0 aliphatic carbocycles. The van der Waals surface area contributed by atoms with Crippen molar-refractivity contribution in [2.75, 3.05) is 19.5 Å². The maximum absolute atomic E-state index is 12.4. The van der Waals surface area contributed by atoms with Gasteiger partial charge in [0.15, 0.2) is 4.80 Å². The number of rotatable bonds is 7. The van der Waals surface area contributed by atoms with Crippen molar-refractivity contribution < 1.29 is 9.53 Å². The Morgan fingerprint density at radius 1 is 1.31 bits per heavy atom. The molecule has 0 saturated carbocycles. The van der Waals surface area contributed by atoms with Crippen LogP contribution in [0.25, 0.3) is 10.2 Å². The van der Waals surface area contributed by atoms with Gasteiger partial charge in [-0.05, 0) is 43.5 Å². The summed E-state index contributed by atoms with van der Waals surface area (Å²) in [6.07, 6.45) is 2.33. The molecule has 1 aromatic carbocycles. The molecule has 0 unspecified atom stereocenters. The van der Waals surface area contributed by atoms with Gasteiger partial charge in [0.1, 0.15) is 0 Å². The lowest BCUT2D eigenvalue weighted by molar-refractivity contribution is -0.117. The first kappa shape index (κ1) is 19.6. The lowest BCUT2D eigenvalue weighted by Crippen LogP contribution is -2.20. The molecule has 0 saturated heterocycles. The highest BCUT2D eigenvalue weighted by Gasteiger charge is 2.10. The highest BCUT2D eigenvalue weighted by Crippen LogP contribution is 2.24. The minimum Gasteiger partial charge on any atom is -0.380 e. The van der Waals surface area contributed by atoms with Crippen LogP contribution in [0.5, 0.6) is 0 Å². The lowest BCUT2D eigenvalue weighted by atomic mass is 10.3. The molecule has 0 aliphatic rings. The molecule has 0 bridgehead atoms. The maximum Gasteiger partial charge on any atom is 0.253 e. The number of hydrogen-bond acceptors (Lipinski definition) is 5. The van der Waals surface area contributed by atoms with Crippen molar-refractivity contribution in [2.24, 2.45) is 4.99 Å². The van der Waals surface area contributed by atoms with Crippen LogP contribution < -0.4 is 4.80 Å². The first-order valence-electron chi connectivity index (χ1n) is 8.17. The largest absolute Gasteiger partial charge is 0.380 e. The molecule has 0 spiro atoms. The van der Waals surface area contributed by atoms with Gasteiger partial charge in [-0.25, -0.2) is 0 Å². The third-order valence-electron chi connectivity index (χ3n) is 3.73. The molecule has 3 aromatic rings. The number of thiophene rings is 1. The number of benzene rings is 1. The lowest BCUT2D eigenvalue weighted by Gasteiger charge is -2.05. The predicted molar refractivity (Wildman–Crippen MR) is 112 cm³/mol. The van der Waals surface area contributed by atoms with Crippen LogP contribution in [0.4, 0.5) is 0 Å². The van der Waals surface area contributed by atoms with E-state index in [1.54, 1.807) is 17.8 Å². The first-order chi connectivity index (χ1) is 12.6. The second kappa shape index (κ2) is 9.19. The number of hydrogen-bond donors (Lipinski definition) is 0. The van der Waals surface area contributed by atoms with Crippen LogP contribution in [0.1, 0.15) is 11.8 Å². The van der Waals surface area contributed by atoms with E-state index in [1.165, 1.54) is 27.6 Å². The highest BCUT2D eigenvalue weighted by molar-refractivity contribution is 7.98. The van der Waals surface area contributed by atoms with Crippen LogP contribution in [-0.2, 0) is 22.5 Å². The number of fused-ring (bicyclic) bond motifs is 1. The summed E-state index contributed by atoms with van der Waals surface area (Å²) in [7, 11) is 0. The van der Waals surface area contributed by atoms with Crippen LogP contribution >= 0.6 is 46.0 Å². The molecule has 3 rings (SSSR count). The fraction of sp³-hybridized carbons (Fsp3) is 0.333. The van der Waals surface area contributed by atoms with Crippen LogP contribution in [-0.4, -0.2) is 29.9 Å². The van der Waals surface area contributed by atoms with Crippen LogP contribution in [0, 0.1) is 0 Å². The van der Waals surface area contributed by atoms with Crippen LogP contribution in [0.2, 0.25) is 4.34 Å². The fourth-order valence-corrected chi connectivity index (χ4v) is 5.23. The molecule has 0 fully saturated rings. The monoisotopic (exact) mass is 426 g/mol. The minimum atomic E-state index is -0.162. The summed E-state index contributed by atoms with van der Waals surface area (Å²) in [5.74, 6) is -0.162. The maximum atomic E-state index is 12.4. The van der Waals surface area contributed by atoms with Crippen molar-refractivity contribution in [1.82, 2.24) is 4.57 Å². The Morgan fingerprint density at radius 2 is 2.15 bits per heavy atom. The number of nitrogens with zero attached hydrogens (tertiary/aromatic N) is 2. The second-order valence-corrected chi connectivity index (χ2v) is 9.14. The van der Waals surface area contributed by atoms with Crippen molar-refractivity contribution in [1.29, 1.82) is 0 Å². The van der Waals surface area contributed by atoms with Crippen molar-refractivity contribution in [2.45, 2.75) is 24.8 Å². The van der Waals surface area contributed by atoms with E-state index in [2.05, 4.69) is 34.0 Å². The molecule has 138 valence electrons. The predicted octanol–water partition coefficient (Wildman–Crippen LogP) is 4.85. The van der Waals surface area contributed by atoms with Crippen LogP contribution in [0.3, 0.4) is 0 Å². The van der Waals surface area contributed by atoms with Gasteiger partial charge in [0, 0.05) is 22.9 Å². The highest BCUT2D eigenvalue weighted by atomic mass is 35.5. The number of ether oxygens (including phenoxy) is 1. The van der Waals surface area contributed by atoms with E-state index in [9.17, 15) is 4.79 Å². The topological polar surface area (TPSA) is 43.6 Å². The van der Waals surface area contributed by atoms with Gasteiger partial charge < -0.3 is 9.30 Å². The van der Waals surface area contributed by atoms with Crippen molar-refractivity contribution in [3.63, 3.8) is 0 Å². The molecule has 0 aliphatic heterocycles. The van der Waals surface area contributed by atoms with Gasteiger partial charge in [-0.1, -0.05) is 22.9 Å². The van der Waals surface area contributed by atoms with Crippen molar-refractivity contribution in [3.05, 3.63) is 44.3 Å². The smallest absolute Gasteiger partial charge is 0.253 e. The molecule has 2 aromatic heterocycles. The SMILES string of the molecule is CCOCCn1c(=NC(=O)Cc2ccc(Cl)s2)sc2cc(SC)ccc21. The molecule has 26 heavy (non-hydrogen) atoms. The van der Waals surface area contributed by atoms with E-state index in [4.69, 9.17) is 16.3 Å². The first-order valence-corrected chi connectivity index (χ1v) is 11.4. The van der Waals surface area contributed by atoms with Gasteiger partial charge in [-0.2, -0.15) is 4.99 Å². The van der Waals surface area contributed by atoms with Gasteiger partial charge in [0.05, 0.1) is 27.6 Å². The molecule has 2 heterocycles. The van der Waals surface area contributed by atoms with E-state index in [0.717, 1.165) is 15.1 Å². The summed E-state index contributed by atoms with van der Waals surface area (Å²) in [4.78, 5) is 19.6. The molecular weight excluding hydrogens is 408 g/mol.